The zero-order valence-corrected chi connectivity index (χ0v) is 11.9. The summed E-state index contributed by atoms with van der Waals surface area (Å²) < 4.78 is 15.4. The molecule has 0 spiro atoms. The van der Waals surface area contributed by atoms with Crippen molar-refractivity contribution in [1.29, 1.82) is 0 Å². The number of nitrogens with two attached hydrogens (primary N) is 1. The maximum atomic E-state index is 13.8. The summed E-state index contributed by atoms with van der Waals surface area (Å²) in [6, 6.07) is 6.55. The highest BCUT2D eigenvalue weighted by Gasteiger charge is 2.15. The van der Waals surface area contributed by atoms with Crippen molar-refractivity contribution in [3.63, 3.8) is 0 Å². The molecule has 0 aliphatic carbocycles. The smallest absolute Gasteiger partial charge is 0.222 e. The number of hydrogen-bond acceptors (Lipinski definition) is 5. The Balaban J connectivity index is 1.85. The largest absolute Gasteiger partial charge is 0.368 e. The van der Waals surface area contributed by atoms with E-state index in [2.05, 4.69) is 25.0 Å². The number of aromatic amines is 1. The zero-order valence-electron chi connectivity index (χ0n) is 11.9. The summed E-state index contributed by atoms with van der Waals surface area (Å²) in [6.07, 6.45) is 4.96. The maximum Gasteiger partial charge on any atom is 0.222 e. The molecule has 4 rings (SSSR count). The van der Waals surface area contributed by atoms with E-state index in [9.17, 15) is 4.39 Å². The maximum absolute atomic E-state index is 13.8. The van der Waals surface area contributed by atoms with Gasteiger partial charge in [0.15, 0.2) is 11.5 Å². The summed E-state index contributed by atoms with van der Waals surface area (Å²) in [5, 5.41) is 4.99. The first-order valence-corrected chi connectivity index (χ1v) is 6.94. The van der Waals surface area contributed by atoms with E-state index >= 15 is 0 Å². The van der Waals surface area contributed by atoms with Crippen LogP contribution >= 0.6 is 0 Å². The van der Waals surface area contributed by atoms with Crippen LogP contribution in [0.3, 0.4) is 0 Å². The molecule has 0 aliphatic heterocycles. The van der Waals surface area contributed by atoms with Gasteiger partial charge in [0, 0.05) is 18.0 Å². The minimum absolute atomic E-state index is 0.110. The van der Waals surface area contributed by atoms with Crippen molar-refractivity contribution in [2.24, 2.45) is 0 Å². The highest BCUT2D eigenvalue weighted by atomic mass is 19.1. The lowest BCUT2D eigenvalue weighted by molar-refractivity contribution is 0.589. The van der Waals surface area contributed by atoms with Crippen LogP contribution in [0.2, 0.25) is 0 Å². The number of nitrogens with one attached hydrogen (secondary N) is 1. The number of imidazole rings is 1. The summed E-state index contributed by atoms with van der Waals surface area (Å²) in [4.78, 5) is 15.6. The molecule has 0 atom stereocenters. The Bertz CT molecular complexity index is 975. The topological polar surface area (TPSA) is 98.3 Å². The predicted molar refractivity (Wildman–Crippen MR) is 82.8 cm³/mol. The normalized spacial score (nSPS) is 11.2. The standard InChI is InChI=1S/C15H12FN7/c16-11-4-2-1-3-9(11)8-23-14-10(7-20-23)12(21-15(17)22-14)13-18-5-6-19-13/h1-7H,8H2,(H,18,19)(H2,17,21,22). The van der Waals surface area contributed by atoms with Crippen LogP contribution in [0.25, 0.3) is 22.6 Å². The fourth-order valence-corrected chi connectivity index (χ4v) is 2.45. The van der Waals surface area contributed by atoms with Gasteiger partial charge in [-0.05, 0) is 6.07 Å². The number of aromatic nitrogens is 6. The zero-order chi connectivity index (χ0) is 15.8. The Morgan fingerprint density at radius 2 is 2.09 bits per heavy atom. The molecule has 0 fully saturated rings. The molecule has 7 nitrogen and oxygen atoms in total. The van der Waals surface area contributed by atoms with Gasteiger partial charge in [-0.15, -0.1) is 0 Å². The van der Waals surface area contributed by atoms with E-state index in [1.54, 1.807) is 41.5 Å². The van der Waals surface area contributed by atoms with Gasteiger partial charge >= 0.3 is 0 Å². The molecule has 0 radical (unpaired) electrons. The quantitative estimate of drug-likeness (QED) is 0.603. The first-order valence-electron chi connectivity index (χ1n) is 6.94. The number of benzene rings is 1. The van der Waals surface area contributed by atoms with Gasteiger partial charge in [0.2, 0.25) is 5.95 Å². The third-order valence-corrected chi connectivity index (χ3v) is 3.51. The van der Waals surface area contributed by atoms with Gasteiger partial charge in [0.25, 0.3) is 0 Å². The summed E-state index contributed by atoms with van der Waals surface area (Å²) in [5.41, 5.74) is 7.43. The molecule has 0 amide bonds. The van der Waals surface area contributed by atoms with Crippen molar-refractivity contribution in [3.05, 3.63) is 54.2 Å². The lowest BCUT2D eigenvalue weighted by Gasteiger charge is -2.06. The van der Waals surface area contributed by atoms with Crippen molar-refractivity contribution in [2.75, 3.05) is 5.73 Å². The molecule has 0 aliphatic rings. The molecular formula is C15H12FN7. The fourth-order valence-electron chi connectivity index (χ4n) is 2.45. The van der Waals surface area contributed by atoms with E-state index in [1.807, 2.05) is 0 Å². The first kappa shape index (κ1) is 13.4. The minimum atomic E-state index is -0.288. The molecule has 0 saturated carbocycles. The van der Waals surface area contributed by atoms with E-state index < -0.39 is 0 Å². The number of nitrogens with zero attached hydrogens (tertiary/aromatic N) is 5. The number of nitrogen functional groups attached to an aromatic ring is 1. The molecule has 3 aromatic heterocycles. The van der Waals surface area contributed by atoms with E-state index in [0.717, 1.165) is 0 Å². The van der Waals surface area contributed by atoms with Gasteiger partial charge in [-0.1, -0.05) is 18.2 Å². The van der Waals surface area contributed by atoms with Gasteiger partial charge < -0.3 is 10.7 Å². The summed E-state index contributed by atoms with van der Waals surface area (Å²) in [7, 11) is 0. The number of halogens is 1. The van der Waals surface area contributed by atoms with Crippen molar-refractivity contribution in [3.8, 4) is 11.5 Å². The Labute approximate surface area is 130 Å². The second-order valence-electron chi connectivity index (χ2n) is 5.00. The predicted octanol–water partition coefficient (Wildman–Crippen LogP) is 1.99. The fraction of sp³-hybridized carbons (Fsp3) is 0.0667. The lowest BCUT2D eigenvalue weighted by atomic mass is 10.2. The first-order chi connectivity index (χ1) is 11.2. The molecule has 1 aromatic carbocycles. The molecule has 23 heavy (non-hydrogen) atoms. The van der Waals surface area contributed by atoms with Crippen LogP contribution in [-0.4, -0.2) is 29.7 Å². The van der Waals surface area contributed by atoms with Crippen LogP contribution in [0.15, 0.2) is 42.9 Å². The summed E-state index contributed by atoms with van der Waals surface area (Å²) in [6.45, 7) is 0.254. The third-order valence-electron chi connectivity index (χ3n) is 3.51. The molecular weight excluding hydrogens is 297 g/mol. The molecule has 4 aromatic rings. The number of anilines is 1. The van der Waals surface area contributed by atoms with Crippen LogP contribution in [0, 0.1) is 5.82 Å². The molecule has 8 heteroatoms. The lowest BCUT2D eigenvalue weighted by Crippen LogP contribution is -2.06. The van der Waals surface area contributed by atoms with Crippen LogP contribution in [-0.2, 0) is 6.54 Å². The molecule has 0 unspecified atom stereocenters. The number of rotatable bonds is 3. The van der Waals surface area contributed by atoms with Crippen LogP contribution in [0.4, 0.5) is 10.3 Å². The second kappa shape index (κ2) is 5.16. The van der Waals surface area contributed by atoms with E-state index in [-0.39, 0.29) is 18.3 Å². The van der Waals surface area contributed by atoms with Gasteiger partial charge in [0.1, 0.15) is 11.5 Å². The molecule has 0 bridgehead atoms. The monoisotopic (exact) mass is 309 g/mol. The number of hydrogen-bond donors (Lipinski definition) is 2. The second-order valence-corrected chi connectivity index (χ2v) is 5.00. The Morgan fingerprint density at radius 3 is 2.87 bits per heavy atom. The number of fused-ring (bicyclic) bond motifs is 1. The van der Waals surface area contributed by atoms with Crippen LogP contribution in [0.5, 0.6) is 0 Å². The van der Waals surface area contributed by atoms with E-state index in [1.165, 1.54) is 6.07 Å². The molecule has 3 N–H and O–H groups in total. The average molecular weight is 309 g/mol. The average Bonchev–Trinajstić information content (AvgIpc) is 3.19. The van der Waals surface area contributed by atoms with Crippen molar-refractivity contribution in [2.45, 2.75) is 6.54 Å². The number of H-pyrrole nitrogens is 1. The molecule has 3 heterocycles. The van der Waals surface area contributed by atoms with Gasteiger partial charge in [-0.25, -0.2) is 19.0 Å². The highest BCUT2D eigenvalue weighted by Crippen LogP contribution is 2.24. The van der Waals surface area contributed by atoms with E-state index in [0.29, 0.717) is 28.1 Å². The molecule has 0 saturated heterocycles. The Hall–Kier alpha value is -3.29. The van der Waals surface area contributed by atoms with Crippen molar-refractivity contribution < 1.29 is 4.39 Å². The summed E-state index contributed by atoms with van der Waals surface area (Å²) in [5.74, 6) is 0.401. The van der Waals surface area contributed by atoms with E-state index in [4.69, 9.17) is 5.73 Å². The third kappa shape index (κ3) is 2.30. The SMILES string of the molecule is Nc1nc(-c2ncc[nH]2)c2cnn(Cc3ccccc3F)c2n1. The highest BCUT2D eigenvalue weighted by molar-refractivity contribution is 5.89. The van der Waals surface area contributed by atoms with Gasteiger partial charge in [0.05, 0.1) is 18.1 Å². The Kier molecular flexibility index (Phi) is 3.00. The minimum Gasteiger partial charge on any atom is -0.368 e. The Morgan fingerprint density at radius 1 is 1.22 bits per heavy atom. The molecule has 114 valence electrons. The summed E-state index contributed by atoms with van der Waals surface area (Å²) >= 11 is 0. The van der Waals surface area contributed by atoms with Crippen LogP contribution < -0.4 is 5.73 Å². The van der Waals surface area contributed by atoms with Crippen LogP contribution in [0.1, 0.15) is 5.56 Å². The van der Waals surface area contributed by atoms with Crippen molar-refractivity contribution in [1.82, 2.24) is 29.7 Å². The van der Waals surface area contributed by atoms with Crippen molar-refractivity contribution >= 4 is 17.0 Å². The van der Waals surface area contributed by atoms with Gasteiger partial charge in [-0.3, -0.25) is 0 Å². The van der Waals surface area contributed by atoms with Gasteiger partial charge in [-0.2, -0.15) is 10.1 Å².